The van der Waals surface area contributed by atoms with Crippen molar-refractivity contribution in [3.05, 3.63) is 58.9 Å². The number of esters is 1. The molecule has 0 bridgehead atoms. The SMILES string of the molecule is C/C=C/C=C/C(=O)OCc1nnc(-c2ccccc2Br)o1. The topological polar surface area (TPSA) is 65.2 Å². The Morgan fingerprint density at radius 2 is 2.14 bits per heavy atom. The molecule has 0 aliphatic rings. The number of halogens is 1. The number of nitrogens with zero attached hydrogens (tertiary/aromatic N) is 2. The van der Waals surface area contributed by atoms with Gasteiger partial charge in [0.1, 0.15) is 0 Å². The Hall–Kier alpha value is -2.21. The molecule has 2 aromatic rings. The molecule has 1 aromatic heterocycles. The van der Waals surface area contributed by atoms with E-state index in [1.807, 2.05) is 37.3 Å². The third-order valence-corrected chi connectivity index (χ3v) is 3.14. The second-order valence-electron chi connectivity index (χ2n) is 3.97. The summed E-state index contributed by atoms with van der Waals surface area (Å²) in [6, 6.07) is 7.50. The normalized spacial score (nSPS) is 11.3. The van der Waals surface area contributed by atoms with Gasteiger partial charge in [0, 0.05) is 10.5 Å². The number of hydrogen-bond donors (Lipinski definition) is 0. The van der Waals surface area contributed by atoms with Crippen LogP contribution in [0, 0.1) is 0 Å². The maximum Gasteiger partial charge on any atom is 0.331 e. The summed E-state index contributed by atoms with van der Waals surface area (Å²) in [5, 5.41) is 7.78. The Balaban J connectivity index is 1.98. The van der Waals surface area contributed by atoms with Gasteiger partial charge < -0.3 is 9.15 Å². The lowest BCUT2D eigenvalue weighted by Gasteiger charge is -1.98. The third kappa shape index (κ3) is 4.39. The number of allylic oxidation sites excluding steroid dienone is 3. The van der Waals surface area contributed by atoms with E-state index in [4.69, 9.17) is 9.15 Å². The maximum absolute atomic E-state index is 11.4. The van der Waals surface area contributed by atoms with Gasteiger partial charge in [0.15, 0.2) is 6.61 Å². The molecule has 0 N–H and O–H groups in total. The highest BCUT2D eigenvalue weighted by Crippen LogP contribution is 2.26. The van der Waals surface area contributed by atoms with Crippen LogP contribution >= 0.6 is 15.9 Å². The summed E-state index contributed by atoms with van der Waals surface area (Å²) in [7, 11) is 0. The minimum Gasteiger partial charge on any atom is -0.452 e. The van der Waals surface area contributed by atoms with Crippen LogP contribution in [0.1, 0.15) is 12.8 Å². The van der Waals surface area contributed by atoms with E-state index >= 15 is 0 Å². The summed E-state index contributed by atoms with van der Waals surface area (Å²) in [4.78, 5) is 11.4. The molecule has 0 saturated heterocycles. The second-order valence-corrected chi connectivity index (χ2v) is 4.83. The zero-order chi connectivity index (χ0) is 15.1. The largest absolute Gasteiger partial charge is 0.452 e. The summed E-state index contributed by atoms with van der Waals surface area (Å²) in [5.74, 6) is 0.153. The van der Waals surface area contributed by atoms with Gasteiger partial charge in [-0.1, -0.05) is 30.4 Å². The highest BCUT2D eigenvalue weighted by Gasteiger charge is 2.12. The lowest BCUT2D eigenvalue weighted by molar-refractivity contribution is -0.139. The van der Waals surface area contributed by atoms with Crippen molar-refractivity contribution >= 4 is 21.9 Å². The van der Waals surface area contributed by atoms with Crippen LogP contribution in [0.15, 0.2) is 57.5 Å². The van der Waals surface area contributed by atoms with Crippen LogP contribution in [0.5, 0.6) is 0 Å². The summed E-state index contributed by atoms with van der Waals surface area (Å²) in [5.41, 5.74) is 0.788. The quantitative estimate of drug-likeness (QED) is 0.468. The zero-order valence-electron chi connectivity index (χ0n) is 11.3. The first-order chi connectivity index (χ1) is 10.2. The molecule has 6 heteroatoms. The van der Waals surface area contributed by atoms with Crippen LogP contribution in [0.2, 0.25) is 0 Å². The minimum atomic E-state index is -0.464. The van der Waals surface area contributed by atoms with E-state index in [9.17, 15) is 4.79 Å². The molecule has 108 valence electrons. The lowest BCUT2D eigenvalue weighted by Crippen LogP contribution is -2.00. The number of carbonyl (C=O) groups is 1. The number of benzene rings is 1. The molecule has 0 saturated carbocycles. The van der Waals surface area contributed by atoms with Crippen molar-refractivity contribution in [3.8, 4) is 11.5 Å². The van der Waals surface area contributed by atoms with Crippen LogP contribution in [0.25, 0.3) is 11.5 Å². The van der Waals surface area contributed by atoms with Crippen LogP contribution in [0.4, 0.5) is 0 Å². The van der Waals surface area contributed by atoms with Crippen molar-refractivity contribution < 1.29 is 13.9 Å². The fraction of sp³-hybridized carbons (Fsp3) is 0.133. The van der Waals surface area contributed by atoms with E-state index in [1.54, 1.807) is 12.2 Å². The minimum absolute atomic E-state index is 0.0591. The molecule has 1 aromatic carbocycles. The van der Waals surface area contributed by atoms with Crippen LogP contribution in [-0.4, -0.2) is 16.2 Å². The van der Waals surface area contributed by atoms with E-state index < -0.39 is 5.97 Å². The summed E-state index contributed by atoms with van der Waals surface area (Å²) < 4.78 is 11.3. The molecule has 0 fully saturated rings. The highest BCUT2D eigenvalue weighted by atomic mass is 79.9. The standard InChI is InChI=1S/C15H13BrN2O3/c1-2-3-4-9-14(19)20-10-13-17-18-15(21-13)11-7-5-6-8-12(11)16/h2-9H,10H2,1H3/b3-2+,9-4+. The Labute approximate surface area is 130 Å². The first-order valence-electron chi connectivity index (χ1n) is 6.24. The molecule has 0 atom stereocenters. The van der Waals surface area contributed by atoms with Crippen molar-refractivity contribution in [2.45, 2.75) is 13.5 Å². The van der Waals surface area contributed by atoms with E-state index in [1.165, 1.54) is 6.08 Å². The van der Waals surface area contributed by atoms with Gasteiger partial charge in [-0.05, 0) is 35.0 Å². The van der Waals surface area contributed by atoms with Crippen molar-refractivity contribution in [2.24, 2.45) is 0 Å². The predicted molar refractivity (Wildman–Crippen MR) is 81.2 cm³/mol. The van der Waals surface area contributed by atoms with Gasteiger partial charge in [-0.3, -0.25) is 0 Å². The molecule has 21 heavy (non-hydrogen) atoms. The second kappa shape index (κ2) is 7.54. The average Bonchev–Trinajstić information content (AvgIpc) is 2.94. The lowest BCUT2D eigenvalue weighted by atomic mass is 10.2. The van der Waals surface area contributed by atoms with Crippen molar-refractivity contribution in [1.82, 2.24) is 10.2 Å². The Kier molecular flexibility index (Phi) is 5.45. The molecule has 0 unspecified atom stereocenters. The van der Waals surface area contributed by atoms with E-state index in [0.29, 0.717) is 5.89 Å². The molecule has 0 amide bonds. The average molecular weight is 349 g/mol. The van der Waals surface area contributed by atoms with Gasteiger partial charge in [-0.25, -0.2) is 4.79 Å². The molecule has 0 spiro atoms. The summed E-state index contributed by atoms with van der Waals surface area (Å²) >= 11 is 3.41. The zero-order valence-corrected chi connectivity index (χ0v) is 12.9. The number of hydrogen-bond acceptors (Lipinski definition) is 5. The number of carbonyl (C=O) groups excluding carboxylic acids is 1. The molecule has 0 aliphatic heterocycles. The molecular weight excluding hydrogens is 336 g/mol. The molecule has 2 rings (SSSR count). The van der Waals surface area contributed by atoms with Gasteiger partial charge in [0.05, 0.1) is 5.56 Å². The van der Waals surface area contributed by atoms with Gasteiger partial charge in [-0.15, -0.1) is 10.2 Å². The van der Waals surface area contributed by atoms with Crippen molar-refractivity contribution in [3.63, 3.8) is 0 Å². The summed E-state index contributed by atoms with van der Waals surface area (Å²) in [6.45, 7) is 1.80. The van der Waals surface area contributed by atoms with Crippen molar-refractivity contribution in [2.75, 3.05) is 0 Å². The van der Waals surface area contributed by atoms with Crippen LogP contribution in [0.3, 0.4) is 0 Å². The molecular formula is C15H13BrN2O3. The van der Waals surface area contributed by atoms with Gasteiger partial charge in [0.25, 0.3) is 5.89 Å². The van der Waals surface area contributed by atoms with E-state index in [-0.39, 0.29) is 12.5 Å². The monoisotopic (exact) mass is 348 g/mol. The van der Waals surface area contributed by atoms with Gasteiger partial charge in [0.2, 0.25) is 5.89 Å². The third-order valence-electron chi connectivity index (χ3n) is 2.44. The van der Waals surface area contributed by atoms with E-state index in [2.05, 4.69) is 26.1 Å². The fourth-order valence-electron chi connectivity index (χ4n) is 1.48. The smallest absolute Gasteiger partial charge is 0.331 e. The Morgan fingerprint density at radius 1 is 1.33 bits per heavy atom. The molecule has 0 radical (unpaired) electrons. The number of ether oxygens (including phenoxy) is 1. The van der Waals surface area contributed by atoms with Crippen LogP contribution in [-0.2, 0) is 16.1 Å². The number of rotatable bonds is 5. The molecule has 1 heterocycles. The fourth-order valence-corrected chi connectivity index (χ4v) is 1.94. The van der Waals surface area contributed by atoms with Crippen LogP contribution < -0.4 is 0 Å². The molecule has 5 nitrogen and oxygen atoms in total. The predicted octanol–water partition coefficient (Wildman–Crippen LogP) is 3.67. The van der Waals surface area contributed by atoms with Gasteiger partial charge in [-0.2, -0.15) is 0 Å². The Bertz CT molecular complexity index is 677. The van der Waals surface area contributed by atoms with E-state index in [0.717, 1.165) is 10.0 Å². The van der Waals surface area contributed by atoms with Crippen molar-refractivity contribution in [1.29, 1.82) is 0 Å². The highest BCUT2D eigenvalue weighted by molar-refractivity contribution is 9.10. The maximum atomic E-state index is 11.4. The summed E-state index contributed by atoms with van der Waals surface area (Å²) in [6.07, 6.45) is 6.47. The first-order valence-corrected chi connectivity index (χ1v) is 7.03. The first kappa shape index (κ1) is 15.2. The Morgan fingerprint density at radius 3 is 2.90 bits per heavy atom. The number of aromatic nitrogens is 2. The van der Waals surface area contributed by atoms with Gasteiger partial charge >= 0.3 is 5.97 Å². The molecule has 0 aliphatic carbocycles.